The molecule has 0 saturated heterocycles. The average Bonchev–Trinajstić information content (AvgIpc) is 3.02. The SMILES string of the molecule is CCCCCCCC=CCCCCCCCCC(=O)OCC(O)COC(=O)CCCCCCCC=CCCCCCCCC. The lowest BCUT2D eigenvalue weighted by molar-refractivity contribution is -0.152. The number of aliphatic hydroxyl groups is 1. The first-order valence-corrected chi connectivity index (χ1v) is 18.9. The van der Waals surface area contributed by atoms with E-state index in [0.29, 0.717) is 12.8 Å². The van der Waals surface area contributed by atoms with E-state index in [4.69, 9.17) is 9.47 Å². The molecule has 0 radical (unpaired) electrons. The van der Waals surface area contributed by atoms with E-state index in [0.717, 1.165) is 44.9 Å². The highest BCUT2D eigenvalue weighted by Gasteiger charge is 2.12. The van der Waals surface area contributed by atoms with Gasteiger partial charge in [-0.15, -0.1) is 0 Å². The zero-order chi connectivity index (χ0) is 32.2. The number of carbonyl (C=O) groups is 2. The fraction of sp³-hybridized carbons (Fsp3) is 0.846. The van der Waals surface area contributed by atoms with Gasteiger partial charge in [-0.1, -0.05) is 141 Å². The van der Waals surface area contributed by atoms with Gasteiger partial charge in [0.25, 0.3) is 0 Å². The number of hydrogen-bond acceptors (Lipinski definition) is 5. The molecule has 0 bridgehead atoms. The van der Waals surface area contributed by atoms with E-state index in [2.05, 4.69) is 38.2 Å². The van der Waals surface area contributed by atoms with Crippen molar-refractivity contribution in [1.82, 2.24) is 0 Å². The Morgan fingerprint density at radius 2 is 0.727 bits per heavy atom. The first-order chi connectivity index (χ1) is 21.6. The van der Waals surface area contributed by atoms with Crippen molar-refractivity contribution in [2.45, 2.75) is 200 Å². The van der Waals surface area contributed by atoms with Crippen LogP contribution in [0.15, 0.2) is 24.3 Å². The van der Waals surface area contributed by atoms with Crippen LogP contribution >= 0.6 is 0 Å². The van der Waals surface area contributed by atoms with E-state index in [9.17, 15) is 14.7 Å². The third-order valence-electron chi connectivity index (χ3n) is 8.16. The van der Waals surface area contributed by atoms with Gasteiger partial charge in [0.2, 0.25) is 0 Å². The second-order valence-electron chi connectivity index (χ2n) is 12.7. The van der Waals surface area contributed by atoms with Crippen molar-refractivity contribution in [2.24, 2.45) is 0 Å². The predicted molar refractivity (Wildman–Crippen MR) is 187 cm³/mol. The van der Waals surface area contributed by atoms with Crippen LogP contribution in [-0.2, 0) is 19.1 Å². The maximum atomic E-state index is 11.9. The number of aliphatic hydroxyl groups excluding tert-OH is 1. The zero-order valence-corrected chi connectivity index (χ0v) is 29.2. The quantitative estimate of drug-likeness (QED) is 0.0440. The van der Waals surface area contributed by atoms with Crippen LogP contribution in [0.2, 0.25) is 0 Å². The molecule has 5 heteroatoms. The van der Waals surface area contributed by atoms with Gasteiger partial charge in [0.1, 0.15) is 19.3 Å². The Kier molecular flexibility index (Phi) is 34.5. The summed E-state index contributed by atoms with van der Waals surface area (Å²) < 4.78 is 10.3. The second-order valence-corrected chi connectivity index (χ2v) is 12.7. The van der Waals surface area contributed by atoms with E-state index >= 15 is 0 Å². The summed E-state index contributed by atoms with van der Waals surface area (Å²) in [6.45, 7) is 4.27. The largest absolute Gasteiger partial charge is 0.463 e. The second kappa shape index (κ2) is 35.9. The molecule has 0 aliphatic carbocycles. The summed E-state index contributed by atoms with van der Waals surface area (Å²) >= 11 is 0. The molecule has 0 saturated carbocycles. The van der Waals surface area contributed by atoms with E-state index in [1.54, 1.807) is 0 Å². The van der Waals surface area contributed by atoms with Crippen molar-refractivity contribution < 1.29 is 24.2 Å². The van der Waals surface area contributed by atoms with E-state index in [1.807, 2.05) is 0 Å². The summed E-state index contributed by atoms with van der Waals surface area (Å²) in [5.74, 6) is -0.578. The molecule has 0 aliphatic heterocycles. The molecule has 0 fully saturated rings. The Morgan fingerprint density at radius 3 is 1.05 bits per heavy atom. The van der Waals surface area contributed by atoms with Crippen LogP contribution in [0, 0.1) is 0 Å². The average molecular weight is 621 g/mol. The van der Waals surface area contributed by atoms with Gasteiger partial charge < -0.3 is 14.6 Å². The summed E-state index contributed by atoms with van der Waals surface area (Å²) in [5, 5.41) is 9.99. The maximum Gasteiger partial charge on any atom is 0.305 e. The highest BCUT2D eigenvalue weighted by atomic mass is 16.6. The predicted octanol–water partition coefficient (Wildman–Crippen LogP) is 11.5. The van der Waals surface area contributed by atoms with Crippen LogP contribution in [0.25, 0.3) is 0 Å². The fourth-order valence-electron chi connectivity index (χ4n) is 5.25. The summed E-state index contributed by atoms with van der Waals surface area (Å²) in [6.07, 6.45) is 40.8. The van der Waals surface area contributed by atoms with Gasteiger partial charge in [-0.25, -0.2) is 0 Å². The molecule has 1 unspecified atom stereocenters. The Bertz CT molecular complexity index is 671. The van der Waals surface area contributed by atoms with Crippen LogP contribution in [-0.4, -0.2) is 36.4 Å². The maximum absolute atomic E-state index is 11.9. The smallest absolute Gasteiger partial charge is 0.305 e. The first kappa shape index (κ1) is 42.4. The number of ether oxygens (including phenoxy) is 2. The minimum atomic E-state index is -0.966. The van der Waals surface area contributed by atoms with Crippen molar-refractivity contribution in [3.63, 3.8) is 0 Å². The highest BCUT2D eigenvalue weighted by Crippen LogP contribution is 2.12. The summed E-state index contributed by atoms with van der Waals surface area (Å²) in [4.78, 5) is 23.9. The summed E-state index contributed by atoms with van der Waals surface area (Å²) in [5.41, 5.74) is 0. The van der Waals surface area contributed by atoms with Crippen LogP contribution in [0.5, 0.6) is 0 Å². The van der Waals surface area contributed by atoms with E-state index < -0.39 is 6.10 Å². The molecule has 0 spiro atoms. The lowest BCUT2D eigenvalue weighted by Gasteiger charge is -2.12. The van der Waals surface area contributed by atoms with Gasteiger partial charge in [0.15, 0.2) is 0 Å². The highest BCUT2D eigenvalue weighted by molar-refractivity contribution is 5.69. The molecule has 258 valence electrons. The molecule has 5 nitrogen and oxygen atoms in total. The standard InChI is InChI=1S/C39H72O5/c1-3-5-7-9-11-13-15-17-19-21-23-25-27-29-31-33-38(41)43-35-37(40)36-44-39(42)34-32-30-28-26-24-22-20-18-16-14-12-10-8-6-4-2/h15,17-18,20,37,40H,3-14,16,19,21-36H2,1-2H3. The molecular formula is C39H72O5. The topological polar surface area (TPSA) is 72.8 Å². The van der Waals surface area contributed by atoms with Gasteiger partial charge in [-0.3, -0.25) is 9.59 Å². The Balaban J connectivity index is 3.45. The molecule has 0 aromatic carbocycles. The zero-order valence-electron chi connectivity index (χ0n) is 29.2. The van der Waals surface area contributed by atoms with Crippen LogP contribution in [0.4, 0.5) is 0 Å². The third kappa shape index (κ3) is 34.9. The van der Waals surface area contributed by atoms with E-state index in [-0.39, 0.29) is 25.2 Å². The lowest BCUT2D eigenvalue weighted by Crippen LogP contribution is -2.25. The van der Waals surface area contributed by atoms with Crippen molar-refractivity contribution in [1.29, 1.82) is 0 Å². The van der Waals surface area contributed by atoms with Crippen molar-refractivity contribution in [3.05, 3.63) is 24.3 Å². The molecule has 44 heavy (non-hydrogen) atoms. The molecule has 1 N–H and O–H groups in total. The molecule has 0 aromatic rings. The van der Waals surface area contributed by atoms with Gasteiger partial charge in [0.05, 0.1) is 0 Å². The third-order valence-corrected chi connectivity index (χ3v) is 8.16. The number of esters is 2. The molecule has 0 heterocycles. The number of hydrogen-bond donors (Lipinski definition) is 1. The monoisotopic (exact) mass is 621 g/mol. The summed E-state index contributed by atoms with van der Waals surface area (Å²) in [7, 11) is 0. The van der Waals surface area contributed by atoms with Crippen molar-refractivity contribution >= 4 is 11.9 Å². The summed E-state index contributed by atoms with van der Waals surface area (Å²) in [6, 6.07) is 0. The van der Waals surface area contributed by atoms with Crippen LogP contribution < -0.4 is 0 Å². The molecule has 0 rings (SSSR count). The molecule has 0 aromatic heterocycles. The van der Waals surface area contributed by atoms with Crippen molar-refractivity contribution in [2.75, 3.05) is 13.2 Å². The molecule has 0 aliphatic rings. The van der Waals surface area contributed by atoms with Crippen LogP contribution in [0.3, 0.4) is 0 Å². The minimum absolute atomic E-state index is 0.119. The minimum Gasteiger partial charge on any atom is -0.463 e. The number of rotatable bonds is 34. The van der Waals surface area contributed by atoms with E-state index in [1.165, 1.54) is 122 Å². The Morgan fingerprint density at radius 1 is 0.455 bits per heavy atom. The Labute approximate surface area is 273 Å². The Hall–Kier alpha value is -1.62. The number of allylic oxidation sites excluding steroid dienone is 4. The normalized spacial score (nSPS) is 12.3. The van der Waals surface area contributed by atoms with Crippen molar-refractivity contribution in [3.8, 4) is 0 Å². The molecule has 0 amide bonds. The van der Waals surface area contributed by atoms with Gasteiger partial charge >= 0.3 is 11.9 Å². The molecule has 1 atom stereocenters. The number of unbranched alkanes of at least 4 members (excludes halogenated alkanes) is 22. The van der Waals surface area contributed by atoms with Gasteiger partial charge in [-0.2, -0.15) is 0 Å². The van der Waals surface area contributed by atoms with Gasteiger partial charge in [-0.05, 0) is 64.2 Å². The molecular weight excluding hydrogens is 548 g/mol. The lowest BCUT2D eigenvalue weighted by atomic mass is 10.1. The number of carbonyl (C=O) groups excluding carboxylic acids is 2. The van der Waals surface area contributed by atoms with Gasteiger partial charge in [0, 0.05) is 12.8 Å². The van der Waals surface area contributed by atoms with Crippen LogP contribution in [0.1, 0.15) is 194 Å². The fourth-order valence-corrected chi connectivity index (χ4v) is 5.25. The first-order valence-electron chi connectivity index (χ1n) is 18.9.